The quantitative estimate of drug-likeness (QED) is 0.678. The van der Waals surface area contributed by atoms with Gasteiger partial charge in [0.1, 0.15) is 0 Å². The smallest absolute Gasteiger partial charge is 0.307 e. The summed E-state index contributed by atoms with van der Waals surface area (Å²) in [4.78, 5) is 10.5. The van der Waals surface area contributed by atoms with Gasteiger partial charge in [-0.15, -0.1) is 0 Å². The molecule has 0 radical (unpaired) electrons. The Hall–Kier alpha value is -1.39. The van der Waals surface area contributed by atoms with Gasteiger partial charge < -0.3 is 15.5 Å². The van der Waals surface area contributed by atoms with Crippen molar-refractivity contribution in [2.24, 2.45) is 5.92 Å². The highest BCUT2D eigenvalue weighted by atomic mass is 16.4. The average molecular weight is 249 g/mol. The summed E-state index contributed by atoms with van der Waals surface area (Å²) < 4.78 is 0. The maximum Gasteiger partial charge on any atom is 0.307 e. The molecule has 18 heavy (non-hydrogen) atoms. The van der Waals surface area contributed by atoms with Gasteiger partial charge in [0, 0.05) is 13.1 Å². The maximum absolute atomic E-state index is 10.5. The molecule has 1 fully saturated rings. The molecule has 0 spiro atoms. The summed E-state index contributed by atoms with van der Waals surface area (Å²) in [5.74, 6) is -0.316. The van der Waals surface area contributed by atoms with E-state index in [1.165, 1.54) is 0 Å². The first kappa shape index (κ1) is 13.1. The second kappa shape index (κ2) is 5.98. The standard InChI is InChI=1S/C14H19NO3/c16-13(12-5-6-12)9-15-8-11-3-1-10(2-4-11)7-14(17)18/h1-4,12-13,15-16H,5-9H2,(H,17,18). The predicted octanol–water partition coefficient (Wildman–Crippen LogP) is 1.17. The largest absolute Gasteiger partial charge is 0.481 e. The number of hydrogen-bond acceptors (Lipinski definition) is 3. The number of hydrogen-bond donors (Lipinski definition) is 3. The van der Waals surface area contributed by atoms with Crippen LogP contribution in [0.2, 0.25) is 0 Å². The van der Waals surface area contributed by atoms with Crippen LogP contribution in [0.1, 0.15) is 24.0 Å². The van der Waals surface area contributed by atoms with E-state index in [1.807, 2.05) is 24.3 Å². The van der Waals surface area contributed by atoms with E-state index in [1.54, 1.807) is 0 Å². The number of rotatable bonds is 7. The van der Waals surface area contributed by atoms with E-state index in [4.69, 9.17) is 5.11 Å². The fourth-order valence-electron chi connectivity index (χ4n) is 1.96. The van der Waals surface area contributed by atoms with E-state index in [0.29, 0.717) is 19.0 Å². The number of carboxylic acid groups (broad SMARTS) is 1. The average Bonchev–Trinajstić information content (AvgIpc) is 3.14. The summed E-state index contributed by atoms with van der Waals surface area (Å²) in [6, 6.07) is 7.52. The van der Waals surface area contributed by atoms with Gasteiger partial charge in [-0.05, 0) is 29.9 Å². The van der Waals surface area contributed by atoms with Crippen LogP contribution in [0.3, 0.4) is 0 Å². The van der Waals surface area contributed by atoms with Crippen molar-refractivity contribution >= 4 is 5.97 Å². The van der Waals surface area contributed by atoms with Crippen molar-refractivity contribution in [2.75, 3.05) is 6.54 Å². The molecule has 0 amide bonds. The van der Waals surface area contributed by atoms with Crippen molar-refractivity contribution < 1.29 is 15.0 Å². The monoisotopic (exact) mass is 249 g/mol. The molecule has 4 nitrogen and oxygen atoms in total. The number of aliphatic carboxylic acids is 1. The van der Waals surface area contributed by atoms with Gasteiger partial charge in [0.25, 0.3) is 0 Å². The normalized spacial score (nSPS) is 16.5. The summed E-state index contributed by atoms with van der Waals surface area (Å²) in [5, 5.41) is 21.6. The molecule has 1 atom stereocenters. The highest BCUT2D eigenvalue weighted by Gasteiger charge is 2.28. The van der Waals surface area contributed by atoms with Crippen LogP contribution in [-0.4, -0.2) is 28.8 Å². The molecule has 98 valence electrons. The second-order valence-electron chi connectivity index (χ2n) is 4.92. The Morgan fingerprint density at radius 2 is 1.89 bits per heavy atom. The van der Waals surface area contributed by atoms with Gasteiger partial charge >= 0.3 is 5.97 Å². The van der Waals surface area contributed by atoms with Gasteiger partial charge in [-0.3, -0.25) is 4.79 Å². The van der Waals surface area contributed by atoms with E-state index >= 15 is 0 Å². The van der Waals surface area contributed by atoms with Crippen LogP contribution in [0.5, 0.6) is 0 Å². The summed E-state index contributed by atoms with van der Waals surface area (Å²) in [7, 11) is 0. The number of carboxylic acids is 1. The molecule has 0 heterocycles. The Kier molecular flexibility index (Phi) is 4.33. The van der Waals surface area contributed by atoms with Gasteiger partial charge in [0.15, 0.2) is 0 Å². The van der Waals surface area contributed by atoms with Crippen molar-refractivity contribution in [2.45, 2.75) is 31.9 Å². The molecular formula is C14H19NO3. The van der Waals surface area contributed by atoms with Gasteiger partial charge in [0.05, 0.1) is 12.5 Å². The minimum Gasteiger partial charge on any atom is -0.481 e. The fraction of sp³-hybridized carbons (Fsp3) is 0.500. The zero-order valence-corrected chi connectivity index (χ0v) is 10.3. The first-order valence-electron chi connectivity index (χ1n) is 6.33. The Balaban J connectivity index is 1.73. The number of benzene rings is 1. The SMILES string of the molecule is O=C(O)Cc1ccc(CNCC(O)C2CC2)cc1. The molecule has 1 aromatic rings. The van der Waals surface area contributed by atoms with Crippen molar-refractivity contribution in [3.05, 3.63) is 35.4 Å². The molecule has 1 saturated carbocycles. The minimum atomic E-state index is -0.812. The molecule has 0 saturated heterocycles. The van der Waals surface area contributed by atoms with Crippen molar-refractivity contribution in [1.29, 1.82) is 0 Å². The topological polar surface area (TPSA) is 69.6 Å². The molecule has 1 aliphatic carbocycles. The summed E-state index contributed by atoms with van der Waals surface area (Å²) >= 11 is 0. The zero-order chi connectivity index (χ0) is 13.0. The Morgan fingerprint density at radius 3 is 2.44 bits per heavy atom. The lowest BCUT2D eigenvalue weighted by Gasteiger charge is -2.10. The molecule has 0 aliphatic heterocycles. The van der Waals surface area contributed by atoms with E-state index in [0.717, 1.165) is 24.0 Å². The molecule has 3 N–H and O–H groups in total. The van der Waals surface area contributed by atoms with Crippen LogP contribution in [0, 0.1) is 5.92 Å². The van der Waals surface area contributed by atoms with Crippen LogP contribution < -0.4 is 5.32 Å². The van der Waals surface area contributed by atoms with Gasteiger partial charge in [-0.2, -0.15) is 0 Å². The van der Waals surface area contributed by atoms with Gasteiger partial charge in [-0.25, -0.2) is 0 Å². The molecule has 4 heteroatoms. The third-order valence-electron chi connectivity index (χ3n) is 3.23. The number of nitrogens with one attached hydrogen (secondary N) is 1. The summed E-state index contributed by atoms with van der Waals surface area (Å²) in [5.41, 5.74) is 1.91. The maximum atomic E-state index is 10.5. The molecule has 0 bridgehead atoms. The van der Waals surface area contributed by atoms with Crippen LogP contribution in [0.25, 0.3) is 0 Å². The lowest BCUT2D eigenvalue weighted by molar-refractivity contribution is -0.136. The molecule has 1 aromatic carbocycles. The Labute approximate surface area is 107 Å². The molecular weight excluding hydrogens is 230 g/mol. The minimum absolute atomic E-state index is 0.0636. The summed E-state index contributed by atoms with van der Waals surface area (Å²) in [6.07, 6.45) is 2.13. The third kappa shape index (κ3) is 4.13. The zero-order valence-electron chi connectivity index (χ0n) is 10.3. The lowest BCUT2D eigenvalue weighted by Crippen LogP contribution is -2.27. The van der Waals surface area contributed by atoms with Crippen LogP contribution in [0.4, 0.5) is 0 Å². The number of carbonyl (C=O) groups is 1. The number of aliphatic hydroxyl groups excluding tert-OH is 1. The highest BCUT2D eigenvalue weighted by molar-refractivity contribution is 5.70. The summed E-state index contributed by atoms with van der Waals surface area (Å²) in [6.45, 7) is 1.33. The molecule has 2 rings (SSSR count). The van der Waals surface area contributed by atoms with Crippen LogP contribution >= 0.6 is 0 Å². The highest BCUT2D eigenvalue weighted by Crippen LogP contribution is 2.32. The first-order valence-corrected chi connectivity index (χ1v) is 6.33. The third-order valence-corrected chi connectivity index (χ3v) is 3.23. The van der Waals surface area contributed by atoms with Crippen molar-refractivity contribution in [3.8, 4) is 0 Å². The number of aliphatic hydroxyl groups is 1. The van der Waals surface area contributed by atoms with Crippen molar-refractivity contribution in [3.63, 3.8) is 0 Å². The van der Waals surface area contributed by atoms with Crippen LogP contribution in [-0.2, 0) is 17.8 Å². The molecule has 0 aromatic heterocycles. The van der Waals surface area contributed by atoms with Gasteiger partial charge in [0.2, 0.25) is 0 Å². The first-order chi connectivity index (χ1) is 8.65. The second-order valence-corrected chi connectivity index (χ2v) is 4.92. The lowest BCUT2D eigenvalue weighted by atomic mass is 10.1. The van der Waals surface area contributed by atoms with E-state index in [-0.39, 0.29) is 12.5 Å². The predicted molar refractivity (Wildman–Crippen MR) is 68.2 cm³/mol. The molecule has 1 aliphatic rings. The van der Waals surface area contributed by atoms with E-state index < -0.39 is 5.97 Å². The Morgan fingerprint density at radius 1 is 1.28 bits per heavy atom. The van der Waals surface area contributed by atoms with E-state index in [9.17, 15) is 9.90 Å². The van der Waals surface area contributed by atoms with Crippen LogP contribution in [0.15, 0.2) is 24.3 Å². The van der Waals surface area contributed by atoms with Gasteiger partial charge in [-0.1, -0.05) is 24.3 Å². The van der Waals surface area contributed by atoms with Crippen molar-refractivity contribution in [1.82, 2.24) is 5.32 Å². The fourth-order valence-corrected chi connectivity index (χ4v) is 1.96. The Bertz CT molecular complexity index is 398. The van der Waals surface area contributed by atoms with E-state index in [2.05, 4.69) is 5.32 Å². The molecule has 1 unspecified atom stereocenters.